The highest BCUT2D eigenvalue weighted by atomic mass is 16.5. The predicted octanol–water partition coefficient (Wildman–Crippen LogP) is 5.28. The lowest BCUT2D eigenvalue weighted by Gasteiger charge is -2.48. The van der Waals surface area contributed by atoms with Gasteiger partial charge in [-0.2, -0.15) is 0 Å². The normalized spacial score (nSPS) is 17.2. The maximum absolute atomic E-state index is 11.9. The molecule has 3 aromatic rings. The van der Waals surface area contributed by atoms with Crippen LogP contribution in [0.5, 0.6) is 5.75 Å². The Bertz CT molecular complexity index is 1240. The molecule has 0 amide bonds. The number of carbonyl (C=O) groups excluding carboxylic acids is 1. The van der Waals surface area contributed by atoms with Gasteiger partial charge in [-0.05, 0) is 72.4 Å². The lowest BCUT2D eigenvalue weighted by Crippen LogP contribution is -2.50. The highest BCUT2D eigenvalue weighted by Crippen LogP contribution is 2.40. The van der Waals surface area contributed by atoms with E-state index in [0.717, 1.165) is 67.0 Å². The molecule has 5 rings (SSSR count). The quantitative estimate of drug-likeness (QED) is 0.424. The number of para-hydroxylation sites is 1. The Hall–Kier alpha value is -3.35. The third-order valence-corrected chi connectivity index (χ3v) is 7.66. The fourth-order valence-corrected chi connectivity index (χ4v) is 5.21. The van der Waals surface area contributed by atoms with Crippen LogP contribution in [0.25, 0.3) is 11.1 Å². The number of anilines is 1. The molecule has 2 heterocycles. The van der Waals surface area contributed by atoms with Crippen LogP contribution < -0.4 is 15.4 Å². The summed E-state index contributed by atoms with van der Waals surface area (Å²) in [6.07, 6.45) is 2.50. The summed E-state index contributed by atoms with van der Waals surface area (Å²) < 4.78 is 16.6. The molecule has 0 aromatic heterocycles. The smallest absolute Gasteiger partial charge is 0.310 e. The SMILES string of the molecule is COC(=O)Cc1ccccc1OCc1cc(-c2cccc(C(C)N)c2)cc(N2CCC3(CC2)COC3)c1. The molecule has 2 fully saturated rings. The van der Waals surface area contributed by atoms with E-state index in [2.05, 4.69) is 47.4 Å². The van der Waals surface area contributed by atoms with E-state index in [0.29, 0.717) is 17.8 Å². The van der Waals surface area contributed by atoms with Crippen LogP contribution in [0.2, 0.25) is 0 Å². The molecule has 2 saturated heterocycles. The summed E-state index contributed by atoms with van der Waals surface area (Å²) in [5.74, 6) is 0.415. The Morgan fingerprint density at radius 2 is 1.81 bits per heavy atom. The average Bonchev–Trinajstić information content (AvgIpc) is 2.91. The molecule has 1 unspecified atom stereocenters. The second-order valence-electron chi connectivity index (χ2n) is 10.4. The summed E-state index contributed by atoms with van der Waals surface area (Å²) in [7, 11) is 1.40. The summed E-state index contributed by atoms with van der Waals surface area (Å²) >= 11 is 0. The molecule has 2 N–H and O–H groups in total. The fraction of sp³-hybridized carbons (Fsp3) is 0.387. The summed E-state index contributed by atoms with van der Waals surface area (Å²) in [5.41, 5.74) is 13.1. The Labute approximate surface area is 219 Å². The monoisotopic (exact) mass is 500 g/mol. The van der Waals surface area contributed by atoms with Gasteiger partial charge in [0.1, 0.15) is 12.4 Å². The third kappa shape index (κ3) is 5.81. The first-order valence-electron chi connectivity index (χ1n) is 13.0. The van der Waals surface area contributed by atoms with E-state index < -0.39 is 0 Å². The number of nitrogens with zero attached hydrogens (tertiary/aromatic N) is 1. The van der Waals surface area contributed by atoms with E-state index in [1.807, 2.05) is 31.2 Å². The van der Waals surface area contributed by atoms with E-state index in [4.69, 9.17) is 19.9 Å². The van der Waals surface area contributed by atoms with Crippen molar-refractivity contribution in [3.8, 4) is 16.9 Å². The van der Waals surface area contributed by atoms with Gasteiger partial charge in [-0.3, -0.25) is 4.79 Å². The van der Waals surface area contributed by atoms with Crippen molar-refractivity contribution in [3.05, 3.63) is 83.4 Å². The van der Waals surface area contributed by atoms with Crippen molar-refractivity contribution >= 4 is 11.7 Å². The molecule has 6 nitrogen and oxygen atoms in total. The van der Waals surface area contributed by atoms with Crippen LogP contribution >= 0.6 is 0 Å². The van der Waals surface area contributed by atoms with Crippen LogP contribution in [-0.4, -0.2) is 39.4 Å². The topological polar surface area (TPSA) is 74.0 Å². The van der Waals surface area contributed by atoms with Crippen LogP contribution in [0.4, 0.5) is 5.69 Å². The summed E-state index contributed by atoms with van der Waals surface area (Å²) in [4.78, 5) is 14.4. The van der Waals surface area contributed by atoms with Gasteiger partial charge in [0.2, 0.25) is 0 Å². The number of piperidine rings is 1. The molecule has 0 saturated carbocycles. The number of benzene rings is 3. The van der Waals surface area contributed by atoms with Crippen molar-refractivity contribution in [3.63, 3.8) is 0 Å². The summed E-state index contributed by atoms with van der Waals surface area (Å²) in [5, 5.41) is 0. The Kier molecular flexibility index (Phi) is 7.49. The number of hydrogen-bond donors (Lipinski definition) is 1. The predicted molar refractivity (Wildman–Crippen MR) is 146 cm³/mol. The van der Waals surface area contributed by atoms with E-state index in [1.165, 1.54) is 12.8 Å². The number of nitrogens with two attached hydrogens (primary N) is 1. The maximum Gasteiger partial charge on any atom is 0.310 e. The van der Waals surface area contributed by atoms with Crippen molar-refractivity contribution in [2.75, 3.05) is 38.3 Å². The van der Waals surface area contributed by atoms with Crippen LogP contribution in [0, 0.1) is 5.41 Å². The van der Waals surface area contributed by atoms with Gasteiger partial charge >= 0.3 is 5.97 Å². The number of esters is 1. The number of hydrogen-bond acceptors (Lipinski definition) is 6. The van der Waals surface area contributed by atoms with Gasteiger partial charge in [0.25, 0.3) is 0 Å². The van der Waals surface area contributed by atoms with Gasteiger partial charge in [-0.1, -0.05) is 36.4 Å². The van der Waals surface area contributed by atoms with Gasteiger partial charge in [-0.25, -0.2) is 0 Å². The van der Waals surface area contributed by atoms with Crippen LogP contribution in [0.15, 0.2) is 66.7 Å². The largest absolute Gasteiger partial charge is 0.489 e. The maximum atomic E-state index is 11.9. The van der Waals surface area contributed by atoms with Gasteiger partial charge < -0.3 is 24.8 Å². The Morgan fingerprint density at radius 1 is 1.03 bits per heavy atom. The first-order chi connectivity index (χ1) is 17.9. The average molecular weight is 501 g/mol. The van der Waals surface area contributed by atoms with E-state index in [-0.39, 0.29) is 18.4 Å². The summed E-state index contributed by atoms with van der Waals surface area (Å²) in [6.45, 7) is 6.25. The van der Waals surface area contributed by atoms with Crippen LogP contribution in [0.3, 0.4) is 0 Å². The highest BCUT2D eigenvalue weighted by molar-refractivity contribution is 5.73. The van der Waals surface area contributed by atoms with Crippen molar-refractivity contribution in [1.29, 1.82) is 0 Å². The highest BCUT2D eigenvalue weighted by Gasteiger charge is 2.41. The van der Waals surface area contributed by atoms with Crippen molar-refractivity contribution < 1.29 is 19.0 Å². The van der Waals surface area contributed by atoms with Crippen LogP contribution in [0.1, 0.15) is 42.5 Å². The molecular weight excluding hydrogens is 464 g/mol. The van der Waals surface area contributed by atoms with E-state index >= 15 is 0 Å². The lowest BCUT2D eigenvalue weighted by atomic mass is 9.76. The lowest BCUT2D eigenvalue weighted by molar-refractivity contribution is -0.139. The Morgan fingerprint density at radius 3 is 2.51 bits per heavy atom. The second-order valence-corrected chi connectivity index (χ2v) is 10.4. The van der Waals surface area contributed by atoms with E-state index in [9.17, 15) is 4.79 Å². The molecule has 0 aliphatic carbocycles. The zero-order valence-electron chi connectivity index (χ0n) is 21.7. The van der Waals surface area contributed by atoms with E-state index in [1.54, 1.807) is 0 Å². The van der Waals surface area contributed by atoms with Gasteiger partial charge in [0.15, 0.2) is 0 Å². The van der Waals surface area contributed by atoms with Gasteiger partial charge in [0, 0.05) is 35.8 Å². The molecule has 6 heteroatoms. The molecule has 2 aliphatic heterocycles. The van der Waals surface area contributed by atoms with Crippen molar-refractivity contribution in [1.82, 2.24) is 0 Å². The molecule has 1 atom stereocenters. The minimum Gasteiger partial charge on any atom is -0.489 e. The minimum atomic E-state index is -0.283. The second kappa shape index (κ2) is 11.0. The molecule has 194 valence electrons. The summed E-state index contributed by atoms with van der Waals surface area (Å²) in [6, 6.07) is 22.8. The molecule has 2 aliphatic rings. The number of ether oxygens (including phenoxy) is 3. The fourth-order valence-electron chi connectivity index (χ4n) is 5.21. The number of rotatable bonds is 8. The molecule has 0 bridgehead atoms. The molecule has 1 spiro atoms. The zero-order valence-corrected chi connectivity index (χ0v) is 21.7. The molecule has 3 aromatic carbocycles. The van der Waals surface area contributed by atoms with Crippen molar-refractivity contribution in [2.45, 2.75) is 38.8 Å². The van der Waals surface area contributed by atoms with Gasteiger partial charge in [-0.15, -0.1) is 0 Å². The first-order valence-corrected chi connectivity index (χ1v) is 13.0. The molecular formula is C31H36N2O4. The number of methoxy groups -OCH3 is 1. The van der Waals surface area contributed by atoms with Gasteiger partial charge in [0.05, 0.1) is 26.7 Å². The van der Waals surface area contributed by atoms with Crippen LogP contribution in [-0.2, 0) is 27.3 Å². The Balaban J connectivity index is 1.42. The third-order valence-electron chi connectivity index (χ3n) is 7.66. The minimum absolute atomic E-state index is 0.0276. The molecule has 0 radical (unpaired) electrons. The molecule has 37 heavy (non-hydrogen) atoms. The standard InChI is InChI=1S/C31H36N2O4/c1-22(32)24-7-5-8-25(16-24)27-14-23(19-37-29-9-4-3-6-26(29)18-30(34)35-2)15-28(17-27)33-12-10-31(11-13-33)20-36-21-31/h3-9,14-17,22H,10-13,18-21,32H2,1-2H3. The first kappa shape index (κ1) is 25.3. The number of carbonyl (C=O) groups is 1. The zero-order chi connectivity index (χ0) is 25.8. The van der Waals surface area contributed by atoms with Crippen molar-refractivity contribution in [2.24, 2.45) is 11.1 Å².